The van der Waals surface area contributed by atoms with Crippen LogP contribution in [0.3, 0.4) is 0 Å². The first-order chi connectivity index (χ1) is 12.3. The predicted octanol–water partition coefficient (Wildman–Crippen LogP) is 2.66. The third-order valence-electron chi connectivity index (χ3n) is 4.24. The van der Waals surface area contributed by atoms with Crippen molar-refractivity contribution in [2.45, 2.75) is 38.1 Å². The van der Waals surface area contributed by atoms with Crippen LogP contribution in [-0.4, -0.2) is 26.9 Å². The summed E-state index contributed by atoms with van der Waals surface area (Å²) in [5.41, 5.74) is 2.34. The van der Waals surface area contributed by atoms with Crippen molar-refractivity contribution < 1.29 is 13.2 Å². The number of aryl methyl sites for hydroxylation is 1. The van der Waals surface area contributed by atoms with Gasteiger partial charge in [0.25, 0.3) is 0 Å². The summed E-state index contributed by atoms with van der Waals surface area (Å²) in [5.74, 6) is -0.486. The molecule has 0 bridgehead atoms. The van der Waals surface area contributed by atoms with Gasteiger partial charge in [-0.05, 0) is 42.5 Å². The lowest BCUT2D eigenvalue weighted by Gasteiger charge is -2.21. The summed E-state index contributed by atoms with van der Waals surface area (Å²) in [6.45, 7) is 6.13. The van der Waals surface area contributed by atoms with E-state index >= 15 is 0 Å². The van der Waals surface area contributed by atoms with Crippen LogP contribution in [0.15, 0.2) is 59.5 Å². The van der Waals surface area contributed by atoms with Crippen LogP contribution in [0.25, 0.3) is 0 Å². The fraction of sp³-hybridized carbons (Fsp3) is 0.350. The summed E-state index contributed by atoms with van der Waals surface area (Å²) >= 11 is 0. The van der Waals surface area contributed by atoms with E-state index in [0.717, 1.165) is 0 Å². The summed E-state index contributed by atoms with van der Waals surface area (Å²) in [6, 6.07) is 15.3. The lowest BCUT2D eigenvalue weighted by atomic mass is 10.0. The maximum Gasteiger partial charge on any atom is 0.241 e. The zero-order valence-electron chi connectivity index (χ0n) is 15.4. The Bertz CT molecular complexity index is 833. The Balaban J connectivity index is 2.00. The molecule has 2 aromatic carbocycles. The normalized spacial score (nSPS) is 12.8. The number of rotatable bonds is 8. The van der Waals surface area contributed by atoms with Gasteiger partial charge in [-0.1, -0.05) is 56.3 Å². The smallest absolute Gasteiger partial charge is 0.241 e. The second-order valence-electron chi connectivity index (χ2n) is 6.62. The van der Waals surface area contributed by atoms with E-state index in [1.54, 1.807) is 18.2 Å². The zero-order valence-corrected chi connectivity index (χ0v) is 16.2. The average Bonchev–Trinajstić information content (AvgIpc) is 2.62. The molecule has 140 valence electrons. The van der Waals surface area contributed by atoms with Crippen molar-refractivity contribution in [1.82, 2.24) is 10.0 Å². The number of benzene rings is 2. The van der Waals surface area contributed by atoms with Crippen molar-refractivity contribution in [3.8, 4) is 0 Å². The third kappa shape index (κ3) is 5.41. The average molecular weight is 375 g/mol. The van der Waals surface area contributed by atoms with Crippen LogP contribution in [0.4, 0.5) is 0 Å². The van der Waals surface area contributed by atoms with Crippen LogP contribution in [0.2, 0.25) is 0 Å². The van der Waals surface area contributed by atoms with Gasteiger partial charge in [0.1, 0.15) is 6.04 Å². The van der Waals surface area contributed by atoms with Gasteiger partial charge in [0, 0.05) is 6.54 Å². The van der Waals surface area contributed by atoms with Crippen LogP contribution in [-0.2, 0) is 21.2 Å². The van der Waals surface area contributed by atoms with E-state index in [0.29, 0.717) is 13.0 Å². The molecule has 0 radical (unpaired) electrons. The minimum atomic E-state index is -3.74. The molecule has 2 aromatic rings. The Morgan fingerprint density at radius 3 is 2.23 bits per heavy atom. The van der Waals surface area contributed by atoms with Gasteiger partial charge in [-0.3, -0.25) is 4.79 Å². The first kappa shape index (κ1) is 20.1. The molecule has 0 unspecified atom stereocenters. The molecule has 0 aliphatic rings. The van der Waals surface area contributed by atoms with Crippen molar-refractivity contribution in [3.63, 3.8) is 0 Å². The van der Waals surface area contributed by atoms with Gasteiger partial charge in [-0.15, -0.1) is 0 Å². The van der Waals surface area contributed by atoms with Crippen molar-refractivity contribution in [1.29, 1.82) is 0 Å². The molecule has 1 amide bonds. The highest BCUT2D eigenvalue weighted by Gasteiger charge is 2.28. The highest BCUT2D eigenvalue weighted by atomic mass is 32.2. The molecular weight excluding hydrogens is 348 g/mol. The van der Waals surface area contributed by atoms with Gasteiger partial charge in [-0.2, -0.15) is 4.72 Å². The monoisotopic (exact) mass is 374 g/mol. The second-order valence-corrected chi connectivity index (χ2v) is 8.34. The van der Waals surface area contributed by atoms with E-state index in [1.165, 1.54) is 23.3 Å². The van der Waals surface area contributed by atoms with Gasteiger partial charge in [0.2, 0.25) is 15.9 Å². The van der Waals surface area contributed by atoms with E-state index in [4.69, 9.17) is 0 Å². The number of hydrogen-bond acceptors (Lipinski definition) is 3. The second kappa shape index (κ2) is 8.96. The molecule has 0 fully saturated rings. The molecule has 5 nitrogen and oxygen atoms in total. The van der Waals surface area contributed by atoms with E-state index in [9.17, 15) is 13.2 Å². The number of amides is 1. The molecule has 2 rings (SSSR count). The topological polar surface area (TPSA) is 75.3 Å². The van der Waals surface area contributed by atoms with E-state index in [1.807, 2.05) is 45.0 Å². The lowest BCUT2D eigenvalue weighted by Crippen LogP contribution is -2.49. The largest absolute Gasteiger partial charge is 0.354 e. The van der Waals surface area contributed by atoms with E-state index in [-0.39, 0.29) is 16.7 Å². The highest BCUT2D eigenvalue weighted by molar-refractivity contribution is 7.89. The van der Waals surface area contributed by atoms with E-state index < -0.39 is 16.1 Å². The first-order valence-corrected chi connectivity index (χ1v) is 10.2. The molecule has 0 saturated heterocycles. The van der Waals surface area contributed by atoms with Gasteiger partial charge in [-0.25, -0.2) is 8.42 Å². The summed E-state index contributed by atoms with van der Waals surface area (Å²) in [4.78, 5) is 12.7. The molecule has 0 saturated carbocycles. The van der Waals surface area contributed by atoms with Crippen molar-refractivity contribution in [2.24, 2.45) is 5.92 Å². The number of carbonyl (C=O) groups is 1. The maximum atomic E-state index is 12.5. The Labute approximate surface area is 155 Å². The molecule has 0 aliphatic carbocycles. The lowest BCUT2D eigenvalue weighted by molar-refractivity contribution is -0.123. The molecule has 2 N–H and O–H groups in total. The SMILES string of the molecule is Cc1ccccc1CCNC(=O)[C@@H](NS(=O)(=O)c1ccccc1)C(C)C. The van der Waals surface area contributed by atoms with Crippen LogP contribution in [0, 0.1) is 12.8 Å². The predicted molar refractivity (Wildman–Crippen MR) is 103 cm³/mol. The Morgan fingerprint density at radius 2 is 1.62 bits per heavy atom. The Morgan fingerprint density at radius 1 is 1.00 bits per heavy atom. The Kier molecular flexibility index (Phi) is 6.94. The maximum absolute atomic E-state index is 12.5. The van der Waals surface area contributed by atoms with Gasteiger partial charge >= 0.3 is 0 Å². The molecule has 0 aliphatic heterocycles. The molecule has 0 heterocycles. The summed E-state index contributed by atoms with van der Waals surface area (Å²) in [7, 11) is -3.74. The molecule has 1 atom stereocenters. The minimum absolute atomic E-state index is 0.151. The number of sulfonamides is 1. The summed E-state index contributed by atoms with van der Waals surface area (Å²) < 4.78 is 27.5. The number of hydrogen-bond donors (Lipinski definition) is 2. The third-order valence-corrected chi connectivity index (χ3v) is 5.70. The molecule has 6 heteroatoms. The highest BCUT2D eigenvalue weighted by Crippen LogP contribution is 2.12. The fourth-order valence-corrected chi connectivity index (χ4v) is 4.01. The van der Waals surface area contributed by atoms with Crippen LogP contribution in [0.5, 0.6) is 0 Å². The summed E-state index contributed by atoms with van der Waals surface area (Å²) in [5, 5.41) is 2.85. The van der Waals surface area contributed by atoms with E-state index in [2.05, 4.69) is 10.0 Å². The number of carbonyl (C=O) groups excluding carboxylic acids is 1. The van der Waals surface area contributed by atoms with Crippen LogP contribution in [0.1, 0.15) is 25.0 Å². The van der Waals surface area contributed by atoms with Gasteiger partial charge in [0.05, 0.1) is 4.90 Å². The van der Waals surface area contributed by atoms with Crippen molar-refractivity contribution >= 4 is 15.9 Å². The first-order valence-electron chi connectivity index (χ1n) is 8.71. The van der Waals surface area contributed by atoms with Crippen LogP contribution < -0.4 is 10.0 Å². The molecule has 0 spiro atoms. The van der Waals surface area contributed by atoms with Crippen LogP contribution >= 0.6 is 0 Å². The molecular formula is C20H26N2O3S. The quantitative estimate of drug-likeness (QED) is 0.746. The standard InChI is InChI=1S/C20H26N2O3S/c1-15(2)19(22-26(24,25)18-11-5-4-6-12-18)20(23)21-14-13-17-10-8-7-9-16(17)3/h4-12,15,19,22H,13-14H2,1-3H3,(H,21,23)/t19-/m0/s1. The molecule has 0 aromatic heterocycles. The summed E-state index contributed by atoms with van der Waals surface area (Å²) in [6.07, 6.45) is 0.703. The molecule has 26 heavy (non-hydrogen) atoms. The fourth-order valence-electron chi connectivity index (χ4n) is 2.65. The number of nitrogens with one attached hydrogen (secondary N) is 2. The van der Waals surface area contributed by atoms with Gasteiger partial charge in [0.15, 0.2) is 0 Å². The minimum Gasteiger partial charge on any atom is -0.354 e. The van der Waals surface area contributed by atoms with Gasteiger partial charge < -0.3 is 5.32 Å². The zero-order chi connectivity index (χ0) is 19.2. The van der Waals surface area contributed by atoms with Crippen molar-refractivity contribution in [3.05, 3.63) is 65.7 Å². The van der Waals surface area contributed by atoms with Crippen molar-refractivity contribution in [2.75, 3.05) is 6.54 Å². The Hall–Kier alpha value is -2.18.